The van der Waals surface area contributed by atoms with Gasteiger partial charge < -0.3 is 29.8 Å². The number of imidazole rings is 1. The summed E-state index contributed by atoms with van der Waals surface area (Å²) in [5.74, 6) is 3.49. The molecular formula is C17H24N4O3S2. The van der Waals surface area contributed by atoms with Gasteiger partial charge >= 0.3 is 0 Å². The summed E-state index contributed by atoms with van der Waals surface area (Å²) in [5.41, 5.74) is 2.97. The molecule has 1 aromatic carbocycles. The third kappa shape index (κ3) is 5.43. The van der Waals surface area contributed by atoms with E-state index in [1.54, 1.807) is 39.4 Å². The molecule has 0 fully saturated rings. The van der Waals surface area contributed by atoms with E-state index in [0.29, 0.717) is 22.4 Å². The molecule has 0 saturated heterocycles. The van der Waals surface area contributed by atoms with Crippen molar-refractivity contribution >= 4 is 34.8 Å². The van der Waals surface area contributed by atoms with Gasteiger partial charge in [0.25, 0.3) is 0 Å². The first-order valence-corrected chi connectivity index (χ1v) is 9.56. The number of nitrogens with one attached hydrogen (secondary N) is 3. The van der Waals surface area contributed by atoms with Gasteiger partial charge in [-0.1, -0.05) is 0 Å². The minimum Gasteiger partial charge on any atom is -0.493 e. The average molecular weight is 397 g/mol. The first-order valence-electron chi connectivity index (χ1n) is 8.00. The minimum atomic E-state index is 0.538. The molecule has 1 aromatic heterocycles. The Kier molecular flexibility index (Phi) is 7.86. The second kappa shape index (κ2) is 10.1. The van der Waals surface area contributed by atoms with E-state index in [2.05, 4.69) is 20.6 Å². The molecule has 26 heavy (non-hydrogen) atoms. The van der Waals surface area contributed by atoms with Crippen LogP contribution in [0.15, 0.2) is 18.5 Å². The quantitative estimate of drug-likeness (QED) is 0.441. The summed E-state index contributed by atoms with van der Waals surface area (Å²) in [6.45, 7) is 2.78. The highest BCUT2D eigenvalue weighted by atomic mass is 32.2. The van der Waals surface area contributed by atoms with Crippen LogP contribution in [0.25, 0.3) is 0 Å². The Morgan fingerprint density at radius 2 is 1.88 bits per heavy atom. The molecule has 0 bridgehead atoms. The van der Waals surface area contributed by atoms with E-state index >= 15 is 0 Å². The van der Waals surface area contributed by atoms with E-state index < -0.39 is 0 Å². The average Bonchev–Trinajstić information content (AvgIpc) is 3.05. The summed E-state index contributed by atoms with van der Waals surface area (Å²) in [4.78, 5) is 7.36. The Hall–Kier alpha value is -2.13. The molecule has 2 aromatic rings. The van der Waals surface area contributed by atoms with Crippen molar-refractivity contribution in [1.29, 1.82) is 0 Å². The molecule has 0 atom stereocenters. The Morgan fingerprint density at radius 3 is 2.42 bits per heavy atom. The predicted molar refractivity (Wildman–Crippen MR) is 110 cm³/mol. The summed E-state index contributed by atoms with van der Waals surface area (Å²) in [6.07, 6.45) is 1.72. The van der Waals surface area contributed by atoms with Crippen molar-refractivity contribution in [3.05, 3.63) is 29.8 Å². The molecule has 0 aliphatic rings. The number of aromatic nitrogens is 2. The van der Waals surface area contributed by atoms with Crippen LogP contribution in [0.3, 0.4) is 0 Å². The number of aryl methyl sites for hydroxylation is 1. The van der Waals surface area contributed by atoms with E-state index in [0.717, 1.165) is 35.1 Å². The highest BCUT2D eigenvalue weighted by Crippen LogP contribution is 2.39. The first kappa shape index (κ1) is 20.2. The van der Waals surface area contributed by atoms with E-state index in [1.165, 1.54) is 0 Å². The zero-order chi connectivity index (χ0) is 18.9. The Morgan fingerprint density at radius 1 is 1.19 bits per heavy atom. The van der Waals surface area contributed by atoms with Crippen molar-refractivity contribution in [2.24, 2.45) is 0 Å². The van der Waals surface area contributed by atoms with Gasteiger partial charge in [-0.3, -0.25) is 0 Å². The lowest BCUT2D eigenvalue weighted by Gasteiger charge is -2.16. The van der Waals surface area contributed by atoms with Crippen LogP contribution < -0.4 is 24.8 Å². The number of ether oxygens (including phenoxy) is 3. The largest absolute Gasteiger partial charge is 0.493 e. The summed E-state index contributed by atoms with van der Waals surface area (Å²) in [7, 11) is 4.73. The molecular weight excluding hydrogens is 372 g/mol. The van der Waals surface area contributed by atoms with Gasteiger partial charge in [-0.25, -0.2) is 4.98 Å². The molecule has 0 saturated carbocycles. The van der Waals surface area contributed by atoms with Gasteiger partial charge in [-0.05, 0) is 19.1 Å². The lowest BCUT2D eigenvalue weighted by molar-refractivity contribution is 0.324. The number of nitrogens with zero attached hydrogens (tertiary/aromatic N) is 1. The van der Waals surface area contributed by atoms with E-state index in [9.17, 15) is 0 Å². The van der Waals surface area contributed by atoms with Crippen molar-refractivity contribution in [1.82, 2.24) is 15.3 Å². The van der Waals surface area contributed by atoms with Crippen LogP contribution in [0.1, 0.15) is 11.4 Å². The number of aromatic amines is 1. The minimum absolute atomic E-state index is 0.538. The molecule has 0 aliphatic carbocycles. The zero-order valence-corrected chi connectivity index (χ0v) is 17.0. The smallest absolute Gasteiger partial charge is 0.203 e. The molecule has 0 radical (unpaired) electrons. The number of anilines is 1. The number of thioether (sulfide) groups is 1. The molecule has 0 aliphatic heterocycles. The number of methoxy groups -OCH3 is 3. The fourth-order valence-corrected chi connectivity index (χ4v) is 3.36. The van der Waals surface area contributed by atoms with Crippen LogP contribution in [0.2, 0.25) is 0 Å². The number of thiocarbonyl (C=S) groups is 1. The molecule has 0 unspecified atom stereocenters. The third-order valence-electron chi connectivity index (χ3n) is 3.63. The molecule has 3 N–H and O–H groups in total. The van der Waals surface area contributed by atoms with Gasteiger partial charge in [-0.2, -0.15) is 11.8 Å². The van der Waals surface area contributed by atoms with Crippen molar-refractivity contribution in [3.8, 4) is 17.2 Å². The van der Waals surface area contributed by atoms with Crippen LogP contribution in [0.4, 0.5) is 5.69 Å². The monoisotopic (exact) mass is 396 g/mol. The number of rotatable bonds is 9. The molecule has 2 rings (SSSR count). The Labute approximate surface area is 163 Å². The summed E-state index contributed by atoms with van der Waals surface area (Å²) in [6, 6.07) is 3.62. The van der Waals surface area contributed by atoms with Gasteiger partial charge in [0, 0.05) is 41.6 Å². The predicted octanol–water partition coefficient (Wildman–Crippen LogP) is 2.96. The normalized spacial score (nSPS) is 10.3. The number of H-pyrrole nitrogens is 1. The zero-order valence-electron chi connectivity index (χ0n) is 15.3. The van der Waals surface area contributed by atoms with Crippen LogP contribution in [0.5, 0.6) is 17.2 Å². The molecule has 7 nitrogen and oxygen atoms in total. The fourth-order valence-electron chi connectivity index (χ4n) is 2.27. The summed E-state index contributed by atoms with van der Waals surface area (Å²) >= 11 is 7.15. The van der Waals surface area contributed by atoms with Crippen molar-refractivity contribution in [2.45, 2.75) is 12.7 Å². The third-order valence-corrected chi connectivity index (χ3v) is 4.84. The maximum Gasteiger partial charge on any atom is 0.203 e. The van der Waals surface area contributed by atoms with Gasteiger partial charge in [0.2, 0.25) is 5.75 Å². The second-order valence-electron chi connectivity index (χ2n) is 5.32. The molecule has 1 heterocycles. The first-order chi connectivity index (χ1) is 12.6. The number of hydrogen-bond acceptors (Lipinski definition) is 6. The molecule has 0 spiro atoms. The fraction of sp³-hybridized carbons (Fsp3) is 0.412. The Balaban J connectivity index is 1.81. The van der Waals surface area contributed by atoms with Crippen LogP contribution in [0, 0.1) is 6.92 Å². The number of hydrogen-bond donors (Lipinski definition) is 3. The second-order valence-corrected chi connectivity index (χ2v) is 6.84. The summed E-state index contributed by atoms with van der Waals surface area (Å²) in [5, 5.41) is 6.86. The topological polar surface area (TPSA) is 80.4 Å². The van der Waals surface area contributed by atoms with Gasteiger partial charge in [0.15, 0.2) is 16.6 Å². The van der Waals surface area contributed by atoms with Crippen molar-refractivity contribution < 1.29 is 14.2 Å². The molecule has 9 heteroatoms. The maximum absolute atomic E-state index is 5.34. The highest BCUT2D eigenvalue weighted by Gasteiger charge is 2.13. The summed E-state index contributed by atoms with van der Waals surface area (Å²) < 4.78 is 16.0. The van der Waals surface area contributed by atoms with Crippen molar-refractivity contribution in [2.75, 3.05) is 38.9 Å². The van der Waals surface area contributed by atoms with Gasteiger partial charge in [0.05, 0.1) is 33.4 Å². The Bertz CT molecular complexity index is 712. The van der Waals surface area contributed by atoms with Crippen LogP contribution >= 0.6 is 24.0 Å². The molecule has 142 valence electrons. The van der Waals surface area contributed by atoms with E-state index in [1.807, 2.05) is 19.1 Å². The highest BCUT2D eigenvalue weighted by molar-refractivity contribution is 7.98. The lowest BCUT2D eigenvalue weighted by atomic mass is 10.2. The van der Waals surface area contributed by atoms with E-state index in [-0.39, 0.29) is 0 Å². The maximum atomic E-state index is 5.34. The molecule has 0 amide bonds. The number of benzene rings is 1. The van der Waals surface area contributed by atoms with Crippen molar-refractivity contribution in [3.63, 3.8) is 0 Å². The van der Waals surface area contributed by atoms with E-state index in [4.69, 9.17) is 26.4 Å². The van der Waals surface area contributed by atoms with Gasteiger partial charge in [-0.15, -0.1) is 0 Å². The van der Waals surface area contributed by atoms with Crippen LogP contribution in [-0.2, 0) is 5.75 Å². The SMILES string of the molecule is COc1cc(NC(=S)NCCSCc2nc[nH]c2C)cc(OC)c1OC. The lowest BCUT2D eigenvalue weighted by Crippen LogP contribution is -2.30. The standard InChI is InChI=1S/C17H24N4O3S2/c1-11-13(20-10-19-11)9-26-6-5-18-17(25)21-12-7-14(22-2)16(24-4)15(8-12)23-3/h7-8,10H,5-6,9H2,1-4H3,(H,19,20)(H2,18,21,25). The van der Waals surface area contributed by atoms with Gasteiger partial charge in [0.1, 0.15) is 0 Å². The van der Waals surface area contributed by atoms with Crippen LogP contribution in [-0.4, -0.2) is 48.7 Å².